The van der Waals surface area contributed by atoms with Crippen molar-refractivity contribution in [2.75, 3.05) is 14.1 Å². The largest absolute Gasteiger partial charge is 0.334 e. The van der Waals surface area contributed by atoms with Gasteiger partial charge in [-0.25, -0.2) is 17.7 Å². The maximum atomic E-state index is 11.2. The van der Waals surface area contributed by atoms with Crippen molar-refractivity contribution < 1.29 is 8.42 Å². The summed E-state index contributed by atoms with van der Waals surface area (Å²) in [5.74, 6) is 0. The molecule has 0 saturated heterocycles. The molecular weight excluding hydrogens is 166 g/mol. The first-order valence-corrected chi connectivity index (χ1v) is 4.33. The number of nitrogens with one attached hydrogen (secondary N) is 1. The van der Waals surface area contributed by atoms with Crippen LogP contribution in [0.25, 0.3) is 0 Å². The van der Waals surface area contributed by atoms with Crippen molar-refractivity contribution in [3.63, 3.8) is 0 Å². The van der Waals surface area contributed by atoms with E-state index in [1.54, 1.807) is 0 Å². The molecule has 11 heavy (non-hydrogen) atoms. The van der Waals surface area contributed by atoms with E-state index in [4.69, 9.17) is 0 Å². The van der Waals surface area contributed by atoms with Gasteiger partial charge in [-0.15, -0.1) is 0 Å². The summed E-state index contributed by atoms with van der Waals surface area (Å²) in [7, 11) is -0.514. The molecule has 1 N–H and O–H groups in total. The van der Waals surface area contributed by atoms with E-state index in [0.717, 1.165) is 4.31 Å². The highest BCUT2D eigenvalue weighted by molar-refractivity contribution is 7.88. The van der Waals surface area contributed by atoms with Crippen LogP contribution in [-0.2, 0) is 10.0 Å². The lowest BCUT2D eigenvalue weighted by molar-refractivity contribution is 0.513. The minimum Gasteiger partial charge on any atom is -0.334 e. The molecule has 1 rings (SSSR count). The Morgan fingerprint density at radius 1 is 1.64 bits per heavy atom. The van der Waals surface area contributed by atoms with Crippen LogP contribution in [0.2, 0.25) is 0 Å². The van der Waals surface area contributed by atoms with E-state index < -0.39 is 10.0 Å². The number of hydrogen-bond donors (Lipinski definition) is 1. The molecule has 1 radical (unpaired) electrons. The minimum absolute atomic E-state index is 0.0810. The molecule has 1 heterocycles. The van der Waals surface area contributed by atoms with Crippen molar-refractivity contribution in [2.45, 2.75) is 5.16 Å². The Morgan fingerprint density at radius 2 is 2.27 bits per heavy atom. The Hall–Kier alpha value is -0.880. The summed E-state index contributed by atoms with van der Waals surface area (Å²) in [6.07, 6.45) is 3.72. The number of rotatable bonds is 2. The van der Waals surface area contributed by atoms with Gasteiger partial charge in [0.1, 0.15) is 6.20 Å². The van der Waals surface area contributed by atoms with Crippen molar-refractivity contribution in [1.29, 1.82) is 0 Å². The monoisotopic (exact) mass is 174 g/mol. The zero-order chi connectivity index (χ0) is 8.48. The lowest BCUT2D eigenvalue weighted by Crippen LogP contribution is -2.23. The summed E-state index contributed by atoms with van der Waals surface area (Å²) in [5.41, 5.74) is 0. The normalized spacial score (nSPS) is 12.3. The predicted molar refractivity (Wildman–Crippen MR) is 38.3 cm³/mol. The minimum atomic E-state index is -3.40. The lowest BCUT2D eigenvalue weighted by Gasteiger charge is -2.06. The Bertz CT molecular complexity index is 314. The molecule has 1 aromatic rings. The predicted octanol–water partition coefficient (Wildman–Crippen LogP) is -0.540. The fourth-order valence-electron chi connectivity index (χ4n) is 0.522. The molecule has 1 aromatic heterocycles. The highest BCUT2D eigenvalue weighted by Gasteiger charge is 2.18. The van der Waals surface area contributed by atoms with Gasteiger partial charge in [0.15, 0.2) is 0 Å². The Kier molecular flexibility index (Phi) is 1.97. The second-order valence-corrected chi connectivity index (χ2v) is 4.19. The Morgan fingerprint density at radius 3 is 2.64 bits per heavy atom. The molecule has 0 fully saturated rings. The molecule has 6 heteroatoms. The molecule has 0 amide bonds. The molecule has 0 unspecified atom stereocenters. The van der Waals surface area contributed by atoms with Crippen LogP contribution in [0.15, 0.2) is 11.4 Å². The standard InChI is InChI=1S/C5H8N3O2S/c1-8(2)11(9,10)5-6-3-4-7-5/h3H,1-2H3,(H,6,7). The van der Waals surface area contributed by atoms with E-state index >= 15 is 0 Å². The number of sulfonamides is 1. The van der Waals surface area contributed by atoms with Crippen LogP contribution < -0.4 is 0 Å². The summed E-state index contributed by atoms with van der Waals surface area (Å²) in [6, 6.07) is 0. The van der Waals surface area contributed by atoms with Gasteiger partial charge in [-0.2, -0.15) is 0 Å². The third-order valence-electron chi connectivity index (χ3n) is 1.15. The fourth-order valence-corrected chi connectivity index (χ4v) is 1.24. The lowest BCUT2D eigenvalue weighted by atomic mass is 11.0. The molecule has 0 atom stereocenters. The molecular formula is C5H8N3O2S. The molecule has 0 aliphatic carbocycles. The number of hydrogen-bond acceptors (Lipinski definition) is 3. The molecule has 0 saturated carbocycles. The molecule has 0 aliphatic rings. The van der Waals surface area contributed by atoms with Crippen LogP contribution in [0.4, 0.5) is 0 Å². The van der Waals surface area contributed by atoms with Gasteiger partial charge >= 0.3 is 0 Å². The van der Waals surface area contributed by atoms with Gasteiger partial charge in [-0.1, -0.05) is 0 Å². The van der Waals surface area contributed by atoms with Gasteiger partial charge in [0.25, 0.3) is 10.0 Å². The molecule has 0 bridgehead atoms. The topological polar surface area (TPSA) is 66.1 Å². The average molecular weight is 174 g/mol. The van der Waals surface area contributed by atoms with Crippen molar-refractivity contribution >= 4 is 10.0 Å². The SMILES string of the molecule is CN(C)S(=O)(=O)c1n[c]c[nH]1. The zero-order valence-corrected chi connectivity index (χ0v) is 7.01. The van der Waals surface area contributed by atoms with Gasteiger partial charge in [0.05, 0.1) is 0 Å². The first-order valence-electron chi connectivity index (χ1n) is 2.89. The van der Waals surface area contributed by atoms with Crippen LogP contribution in [0.5, 0.6) is 0 Å². The molecule has 61 valence electrons. The molecule has 0 spiro atoms. The highest BCUT2D eigenvalue weighted by Crippen LogP contribution is 2.04. The Balaban J connectivity index is 3.12. The first kappa shape index (κ1) is 8.22. The van der Waals surface area contributed by atoms with Crippen molar-refractivity contribution in [3.8, 4) is 0 Å². The van der Waals surface area contributed by atoms with E-state index in [2.05, 4.69) is 16.2 Å². The molecule has 0 aromatic carbocycles. The number of aromatic amines is 1. The summed E-state index contributed by atoms with van der Waals surface area (Å²) < 4.78 is 23.5. The molecule has 5 nitrogen and oxygen atoms in total. The van der Waals surface area contributed by atoms with E-state index in [0.29, 0.717) is 0 Å². The van der Waals surface area contributed by atoms with Gasteiger partial charge in [0, 0.05) is 20.3 Å². The van der Waals surface area contributed by atoms with Crippen LogP contribution in [0.3, 0.4) is 0 Å². The second-order valence-electron chi connectivity index (χ2n) is 2.12. The fraction of sp³-hybridized carbons (Fsp3) is 0.400. The van der Waals surface area contributed by atoms with E-state index in [1.807, 2.05) is 0 Å². The van der Waals surface area contributed by atoms with Crippen molar-refractivity contribution in [3.05, 3.63) is 12.4 Å². The quantitative estimate of drug-likeness (QED) is 0.654. The van der Waals surface area contributed by atoms with Gasteiger partial charge < -0.3 is 4.98 Å². The maximum Gasteiger partial charge on any atom is 0.276 e. The summed E-state index contributed by atoms with van der Waals surface area (Å²) >= 11 is 0. The van der Waals surface area contributed by atoms with Gasteiger partial charge in [-0.05, 0) is 0 Å². The summed E-state index contributed by atoms with van der Waals surface area (Å²) in [6.45, 7) is 0. The van der Waals surface area contributed by atoms with Crippen molar-refractivity contribution in [2.24, 2.45) is 0 Å². The number of aromatic nitrogens is 2. The zero-order valence-electron chi connectivity index (χ0n) is 6.20. The van der Waals surface area contributed by atoms with Gasteiger partial charge in [0.2, 0.25) is 5.16 Å². The van der Waals surface area contributed by atoms with Gasteiger partial charge in [-0.3, -0.25) is 0 Å². The van der Waals surface area contributed by atoms with Crippen LogP contribution in [0, 0.1) is 6.20 Å². The third-order valence-corrected chi connectivity index (χ3v) is 2.81. The number of H-pyrrole nitrogens is 1. The average Bonchev–Trinajstić information content (AvgIpc) is 2.37. The Labute approximate surface area is 65.1 Å². The number of nitrogens with zero attached hydrogens (tertiary/aromatic N) is 2. The van der Waals surface area contributed by atoms with E-state index in [9.17, 15) is 8.42 Å². The second kappa shape index (κ2) is 2.63. The van der Waals surface area contributed by atoms with E-state index in [-0.39, 0.29) is 5.16 Å². The number of imidazole rings is 1. The first-order chi connectivity index (χ1) is 5.05. The van der Waals surface area contributed by atoms with E-state index in [1.165, 1.54) is 20.3 Å². The van der Waals surface area contributed by atoms with Crippen LogP contribution in [-0.4, -0.2) is 36.8 Å². The van der Waals surface area contributed by atoms with Crippen LogP contribution >= 0.6 is 0 Å². The highest BCUT2D eigenvalue weighted by atomic mass is 32.2. The molecule has 0 aliphatic heterocycles. The van der Waals surface area contributed by atoms with Crippen LogP contribution in [0.1, 0.15) is 0 Å². The smallest absolute Gasteiger partial charge is 0.276 e. The summed E-state index contributed by atoms with van der Waals surface area (Å²) in [4.78, 5) is 5.96. The summed E-state index contributed by atoms with van der Waals surface area (Å²) in [5, 5.41) is -0.0810. The third kappa shape index (κ3) is 1.41. The maximum absolute atomic E-state index is 11.2. The van der Waals surface area contributed by atoms with Crippen molar-refractivity contribution in [1.82, 2.24) is 14.3 Å².